The molecule has 11 aromatic carbocycles. The summed E-state index contributed by atoms with van der Waals surface area (Å²) in [5, 5.41) is 11.9. The number of nitrogens with zero attached hydrogens (tertiary/aromatic N) is 3. The van der Waals surface area contributed by atoms with Crippen molar-refractivity contribution >= 4 is 75.9 Å². The number of rotatable bonds is 5. The van der Waals surface area contributed by atoms with Gasteiger partial charge in [0.25, 0.3) is 0 Å². The van der Waals surface area contributed by atoms with E-state index in [1.165, 1.54) is 65.6 Å². The van der Waals surface area contributed by atoms with Crippen molar-refractivity contribution in [3.63, 3.8) is 0 Å². The zero-order valence-electron chi connectivity index (χ0n) is 34.2. The van der Waals surface area contributed by atoms with Gasteiger partial charge >= 0.3 is 0 Å². The summed E-state index contributed by atoms with van der Waals surface area (Å²) in [7, 11) is 0. The maximum absolute atomic E-state index is 5.49. The summed E-state index contributed by atoms with van der Waals surface area (Å²) in [6, 6.07) is 79.1. The van der Waals surface area contributed by atoms with Crippen LogP contribution in [0, 0.1) is 0 Å². The fraction of sp³-hybridized carbons (Fsp3) is 0. The molecule has 2 aromatic heterocycles. The Kier molecular flexibility index (Phi) is 7.91. The van der Waals surface area contributed by atoms with Crippen LogP contribution >= 0.6 is 0 Å². The van der Waals surface area contributed by atoms with E-state index in [0.717, 1.165) is 60.6 Å². The van der Waals surface area contributed by atoms with Gasteiger partial charge in [-0.15, -0.1) is 0 Å². The van der Waals surface area contributed by atoms with Gasteiger partial charge in [0.15, 0.2) is 0 Å². The van der Waals surface area contributed by atoms with Crippen LogP contribution in [0.5, 0.6) is 0 Å². The van der Waals surface area contributed by atoms with E-state index in [4.69, 9.17) is 9.97 Å². The van der Waals surface area contributed by atoms with E-state index in [9.17, 15) is 0 Å². The maximum Gasteiger partial charge on any atom is 0.0979 e. The van der Waals surface area contributed by atoms with Crippen LogP contribution in [0.2, 0.25) is 0 Å². The third kappa shape index (κ3) is 5.67. The molecular weight excluding hydrogens is 763 g/mol. The van der Waals surface area contributed by atoms with Crippen LogP contribution in [-0.2, 0) is 0 Å². The molecule has 0 radical (unpaired) electrons. The van der Waals surface area contributed by atoms with E-state index in [1.54, 1.807) is 0 Å². The summed E-state index contributed by atoms with van der Waals surface area (Å²) in [6.45, 7) is 0. The molecule has 0 bridgehead atoms. The number of hydrogen-bond acceptors (Lipinski definition) is 2. The SMILES string of the molecule is c1ccc(-n2c3ccccc3c3cc(-c4cccc(-c5cnc6c7ccc(-c8cccc9ccccc89)cc7c7cc(-c8cccc9ccccc89)ccc7c6n5)c4)ccc32)cc1. The Morgan fingerprint density at radius 1 is 0.302 bits per heavy atom. The van der Waals surface area contributed by atoms with Crippen LogP contribution in [0.25, 0.3) is 126 Å². The Morgan fingerprint density at radius 3 is 1.54 bits per heavy atom. The van der Waals surface area contributed by atoms with Crippen molar-refractivity contribution in [2.45, 2.75) is 0 Å². The highest BCUT2D eigenvalue weighted by atomic mass is 15.0. The Morgan fingerprint density at radius 2 is 0.825 bits per heavy atom. The van der Waals surface area contributed by atoms with Crippen LogP contribution in [0.1, 0.15) is 0 Å². The monoisotopic (exact) mass is 799 g/mol. The van der Waals surface area contributed by atoms with Crippen LogP contribution in [-0.4, -0.2) is 14.5 Å². The van der Waals surface area contributed by atoms with Gasteiger partial charge in [-0.1, -0.05) is 170 Å². The smallest absolute Gasteiger partial charge is 0.0979 e. The molecule has 0 amide bonds. The quantitative estimate of drug-likeness (QED) is 0.162. The molecule has 0 aliphatic carbocycles. The molecule has 0 saturated carbocycles. The van der Waals surface area contributed by atoms with Gasteiger partial charge in [0, 0.05) is 32.8 Å². The van der Waals surface area contributed by atoms with Gasteiger partial charge in [0.05, 0.1) is 34.0 Å². The normalized spacial score (nSPS) is 11.8. The molecule has 0 N–H and O–H groups in total. The van der Waals surface area contributed by atoms with Gasteiger partial charge in [-0.05, 0) is 114 Å². The first-order chi connectivity index (χ1) is 31.2. The maximum atomic E-state index is 5.49. The Hall–Kier alpha value is -8.40. The van der Waals surface area contributed by atoms with Crippen LogP contribution < -0.4 is 0 Å². The minimum atomic E-state index is 0.845. The van der Waals surface area contributed by atoms with Crippen molar-refractivity contribution in [2.24, 2.45) is 0 Å². The Labute approximate surface area is 363 Å². The zero-order chi connectivity index (χ0) is 41.4. The molecule has 0 fully saturated rings. The molecule has 3 nitrogen and oxygen atoms in total. The molecule has 2 heterocycles. The highest BCUT2D eigenvalue weighted by Crippen LogP contribution is 2.41. The Balaban J connectivity index is 0.987. The third-order valence-corrected chi connectivity index (χ3v) is 13.0. The fourth-order valence-corrected chi connectivity index (χ4v) is 10.0. The topological polar surface area (TPSA) is 30.7 Å². The molecule has 0 aliphatic rings. The molecule has 0 atom stereocenters. The average molecular weight is 800 g/mol. The summed E-state index contributed by atoms with van der Waals surface area (Å²) in [6.07, 6.45) is 1.95. The van der Waals surface area contributed by atoms with Crippen molar-refractivity contribution in [2.75, 3.05) is 0 Å². The first kappa shape index (κ1) is 35.4. The van der Waals surface area contributed by atoms with E-state index in [2.05, 4.69) is 223 Å². The molecule has 292 valence electrons. The van der Waals surface area contributed by atoms with E-state index in [0.29, 0.717) is 0 Å². The van der Waals surface area contributed by atoms with E-state index < -0.39 is 0 Å². The summed E-state index contributed by atoms with van der Waals surface area (Å²) in [5.41, 5.74) is 14.3. The fourth-order valence-electron chi connectivity index (χ4n) is 10.0. The lowest BCUT2D eigenvalue weighted by atomic mass is 9.91. The lowest BCUT2D eigenvalue weighted by Crippen LogP contribution is -1.94. The first-order valence-corrected chi connectivity index (χ1v) is 21.6. The van der Waals surface area contributed by atoms with Crippen molar-refractivity contribution in [1.82, 2.24) is 14.5 Å². The predicted molar refractivity (Wildman–Crippen MR) is 266 cm³/mol. The largest absolute Gasteiger partial charge is 0.309 e. The second kappa shape index (κ2) is 14.1. The number of fused-ring (bicyclic) bond motifs is 11. The summed E-state index contributed by atoms with van der Waals surface area (Å²) < 4.78 is 2.36. The minimum Gasteiger partial charge on any atom is -0.309 e. The molecule has 0 aliphatic heterocycles. The zero-order valence-corrected chi connectivity index (χ0v) is 34.2. The van der Waals surface area contributed by atoms with E-state index in [1.807, 2.05) is 6.20 Å². The van der Waals surface area contributed by atoms with Gasteiger partial charge < -0.3 is 4.57 Å². The molecule has 13 aromatic rings. The van der Waals surface area contributed by atoms with Crippen LogP contribution in [0.4, 0.5) is 0 Å². The number of para-hydroxylation sites is 2. The summed E-state index contributed by atoms with van der Waals surface area (Å²) >= 11 is 0. The summed E-state index contributed by atoms with van der Waals surface area (Å²) in [4.78, 5) is 10.7. The number of hydrogen-bond donors (Lipinski definition) is 0. The predicted octanol–water partition coefficient (Wildman–Crippen LogP) is 16.0. The minimum absolute atomic E-state index is 0.845. The molecular formula is C60H37N3. The Bertz CT molecular complexity index is 3960. The lowest BCUT2D eigenvalue weighted by molar-refractivity contribution is 1.18. The molecule has 0 unspecified atom stereocenters. The molecule has 0 spiro atoms. The van der Waals surface area contributed by atoms with Gasteiger partial charge in [-0.3, -0.25) is 4.98 Å². The van der Waals surface area contributed by atoms with Crippen LogP contribution in [0.3, 0.4) is 0 Å². The molecule has 3 heteroatoms. The van der Waals surface area contributed by atoms with Crippen molar-refractivity contribution < 1.29 is 0 Å². The van der Waals surface area contributed by atoms with E-state index >= 15 is 0 Å². The number of benzene rings is 11. The average Bonchev–Trinajstić information content (AvgIpc) is 3.69. The van der Waals surface area contributed by atoms with Crippen molar-refractivity contribution in [3.8, 4) is 50.3 Å². The highest BCUT2D eigenvalue weighted by Gasteiger charge is 2.18. The van der Waals surface area contributed by atoms with Gasteiger partial charge in [0.1, 0.15) is 0 Å². The summed E-state index contributed by atoms with van der Waals surface area (Å²) in [5.74, 6) is 0. The highest BCUT2D eigenvalue weighted by molar-refractivity contribution is 6.25. The van der Waals surface area contributed by atoms with Crippen molar-refractivity contribution in [3.05, 3.63) is 225 Å². The van der Waals surface area contributed by atoms with Gasteiger partial charge in [0.2, 0.25) is 0 Å². The lowest BCUT2D eigenvalue weighted by Gasteiger charge is -2.15. The van der Waals surface area contributed by atoms with Crippen LogP contribution in [0.15, 0.2) is 225 Å². The van der Waals surface area contributed by atoms with E-state index in [-0.39, 0.29) is 0 Å². The molecule has 63 heavy (non-hydrogen) atoms. The number of aromatic nitrogens is 3. The molecule has 0 saturated heterocycles. The second-order valence-corrected chi connectivity index (χ2v) is 16.5. The molecule has 13 rings (SSSR count). The first-order valence-electron chi connectivity index (χ1n) is 21.6. The third-order valence-electron chi connectivity index (χ3n) is 13.0. The van der Waals surface area contributed by atoms with Gasteiger partial charge in [-0.2, -0.15) is 0 Å². The van der Waals surface area contributed by atoms with Gasteiger partial charge in [-0.25, -0.2) is 4.98 Å². The standard InChI is InChI=1S/C60H37N3/c1-2-19-45(20-3-1)63-57-26-9-8-23-50(57)55-34-41(29-32-58(55)63)40-17-10-18-44(33-40)56-37-61-59-51-30-27-42(48-24-11-15-38-13-4-6-21-46(38)48)35-53(51)54-36-43(28-31-52(54)60(59)62-56)49-25-12-16-39-14-5-7-22-47(39)49/h1-37H. The van der Waals surface area contributed by atoms with Crippen molar-refractivity contribution in [1.29, 1.82) is 0 Å². The second-order valence-electron chi connectivity index (χ2n) is 16.5.